The molecule has 0 radical (unpaired) electrons. The van der Waals surface area contributed by atoms with Gasteiger partial charge in [-0.25, -0.2) is 0 Å². The topological polar surface area (TPSA) is 50.1 Å². The minimum Gasteiger partial charge on any atom is -0.395 e. The molecule has 1 rings (SSSR count). The van der Waals surface area contributed by atoms with Gasteiger partial charge in [-0.05, 0) is 13.0 Å². The molecule has 1 aromatic heterocycles. The fourth-order valence-corrected chi connectivity index (χ4v) is 1.16. The smallest absolute Gasteiger partial charge is 0.0581 e. The summed E-state index contributed by atoms with van der Waals surface area (Å²) in [4.78, 5) is 0. The molecule has 0 fully saturated rings. The van der Waals surface area contributed by atoms with Crippen LogP contribution in [0, 0.1) is 0 Å². The highest BCUT2D eigenvalue weighted by Gasteiger charge is 2.00. The number of aromatic nitrogens is 2. The molecule has 1 aromatic rings. The van der Waals surface area contributed by atoms with Crippen LogP contribution in [0.5, 0.6) is 0 Å². The highest BCUT2D eigenvalue weighted by Crippen LogP contribution is 1.96. The van der Waals surface area contributed by atoms with Crippen LogP contribution < -0.4 is 5.32 Å². The molecular formula is C9H17N3O. The molecule has 0 aromatic carbocycles. The Morgan fingerprint density at radius 1 is 1.69 bits per heavy atom. The summed E-state index contributed by atoms with van der Waals surface area (Å²) < 4.78 is 1.87. The van der Waals surface area contributed by atoms with E-state index in [1.165, 1.54) is 5.69 Å². The van der Waals surface area contributed by atoms with Gasteiger partial charge in [0.15, 0.2) is 0 Å². The van der Waals surface area contributed by atoms with Gasteiger partial charge in [-0.1, -0.05) is 0 Å². The third-order valence-electron chi connectivity index (χ3n) is 2.07. The summed E-state index contributed by atoms with van der Waals surface area (Å²) >= 11 is 0. The van der Waals surface area contributed by atoms with Crippen molar-refractivity contribution in [1.29, 1.82) is 0 Å². The van der Waals surface area contributed by atoms with Crippen LogP contribution in [0.2, 0.25) is 0 Å². The third-order valence-corrected chi connectivity index (χ3v) is 2.07. The number of aliphatic hydroxyl groups excluding tert-OH is 1. The summed E-state index contributed by atoms with van der Waals surface area (Å²) in [5.41, 5.74) is 1.21. The maximum absolute atomic E-state index is 8.77. The number of hydrogen-bond donors (Lipinski definition) is 2. The molecule has 0 aliphatic rings. The Morgan fingerprint density at radius 2 is 2.46 bits per heavy atom. The predicted octanol–water partition coefficient (Wildman–Crippen LogP) is -0.0670. The number of nitrogens with one attached hydrogen (secondary N) is 1. The van der Waals surface area contributed by atoms with Gasteiger partial charge in [0.2, 0.25) is 0 Å². The van der Waals surface area contributed by atoms with Crippen LogP contribution in [0.4, 0.5) is 0 Å². The van der Waals surface area contributed by atoms with E-state index in [9.17, 15) is 0 Å². The standard InChI is InChI=1S/C9H17N3O/c1-8(7-13)10-5-3-9-4-6-11-12(9)2/h4,6,8,10,13H,3,5,7H2,1-2H3. The summed E-state index contributed by atoms with van der Waals surface area (Å²) in [7, 11) is 1.94. The predicted molar refractivity (Wildman–Crippen MR) is 51.5 cm³/mol. The van der Waals surface area contributed by atoms with Crippen LogP contribution in [0.25, 0.3) is 0 Å². The monoisotopic (exact) mass is 183 g/mol. The van der Waals surface area contributed by atoms with Gasteiger partial charge < -0.3 is 10.4 Å². The van der Waals surface area contributed by atoms with Crippen LogP contribution in [-0.4, -0.2) is 34.1 Å². The molecule has 1 unspecified atom stereocenters. The summed E-state index contributed by atoms with van der Waals surface area (Å²) in [6.07, 6.45) is 2.74. The molecule has 13 heavy (non-hydrogen) atoms. The Labute approximate surface area is 78.6 Å². The van der Waals surface area contributed by atoms with Gasteiger partial charge in [0.1, 0.15) is 0 Å². The van der Waals surface area contributed by atoms with Crippen molar-refractivity contribution in [2.45, 2.75) is 19.4 Å². The molecule has 1 atom stereocenters. The highest BCUT2D eigenvalue weighted by molar-refractivity contribution is 5.00. The molecule has 0 aliphatic heterocycles. The van der Waals surface area contributed by atoms with E-state index in [-0.39, 0.29) is 12.6 Å². The lowest BCUT2D eigenvalue weighted by Crippen LogP contribution is -2.31. The van der Waals surface area contributed by atoms with Crippen molar-refractivity contribution in [2.24, 2.45) is 7.05 Å². The second-order valence-electron chi connectivity index (χ2n) is 3.23. The molecule has 0 bridgehead atoms. The lowest BCUT2D eigenvalue weighted by molar-refractivity contribution is 0.252. The fourth-order valence-electron chi connectivity index (χ4n) is 1.16. The number of aryl methyl sites for hydroxylation is 1. The molecule has 0 aliphatic carbocycles. The molecule has 0 saturated heterocycles. The lowest BCUT2D eigenvalue weighted by Gasteiger charge is -2.09. The van der Waals surface area contributed by atoms with E-state index < -0.39 is 0 Å². The number of rotatable bonds is 5. The highest BCUT2D eigenvalue weighted by atomic mass is 16.3. The zero-order chi connectivity index (χ0) is 9.68. The number of aliphatic hydroxyl groups is 1. The molecule has 0 spiro atoms. The summed E-state index contributed by atoms with van der Waals surface area (Å²) in [6, 6.07) is 2.18. The van der Waals surface area contributed by atoms with Crippen molar-refractivity contribution in [1.82, 2.24) is 15.1 Å². The Hall–Kier alpha value is -0.870. The van der Waals surface area contributed by atoms with E-state index in [0.717, 1.165) is 13.0 Å². The normalized spacial score (nSPS) is 13.2. The van der Waals surface area contributed by atoms with E-state index in [1.807, 2.05) is 24.7 Å². The Kier molecular flexibility index (Phi) is 3.92. The molecule has 4 nitrogen and oxygen atoms in total. The molecule has 4 heteroatoms. The van der Waals surface area contributed by atoms with Gasteiger partial charge in [0, 0.05) is 37.9 Å². The molecule has 74 valence electrons. The number of nitrogens with zero attached hydrogens (tertiary/aromatic N) is 2. The maximum Gasteiger partial charge on any atom is 0.0581 e. The van der Waals surface area contributed by atoms with E-state index in [2.05, 4.69) is 10.4 Å². The van der Waals surface area contributed by atoms with Crippen molar-refractivity contribution in [3.05, 3.63) is 18.0 Å². The Bertz CT molecular complexity index is 247. The Balaban J connectivity index is 2.24. The van der Waals surface area contributed by atoms with Gasteiger partial charge in [0.05, 0.1) is 6.61 Å². The third kappa shape index (κ3) is 3.16. The second kappa shape index (κ2) is 4.99. The first-order chi connectivity index (χ1) is 6.24. The minimum atomic E-state index is 0.174. The lowest BCUT2D eigenvalue weighted by atomic mass is 10.3. The van der Waals surface area contributed by atoms with Gasteiger partial charge in [-0.2, -0.15) is 5.10 Å². The van der Waals surface area contributed by atoms with E-state index in [0.29, 0.717) is 0 Å². The minimum absolute atomic E-state index is 0.174. The average molecular weight is 183 g/mol. The Morgan fingerprint density at radius 3 is 3.00 bits per heavy atom. The number of hydrogen-bond acceptors (Lipinski definition) is 3. The zero-order valence-corrected chi connectivity index (χ0v) is 8.20. The van der Waals surface area contributed by atoms with Crippen molar-refractivity contribution in [3.8, 4) is 0 Å². The molecule has 0 amide bonds. The molecule has 1 heterocycles. The SMILES string of the molecule is CC(CO)NCCc1ccnn1C. The molecule has 2 N–H and O–H groups in total. The maximum atomic E-state index is 8.77. The first-order valence-electron chi connectivity index (χ1n) is 4.55. The summed E-state index contributed by atoms with van der Waals surface area (Å²) in [5.74, 6) is 0. The van der Waals surface area contributed by atoms with Gasteiger partial charge in [-0.15, -0.1) is 0 Å². The molecule has 0 saturated carbocycles. The first kappa shape index (κ1) is 10.2. The van der Waals surface area contributed by atoms with Crippen LogP contribution in [0.15, 0.2) is 12.3 Å². The quantitative estimate of drug-likeness (QED) is 0.672. The van der Waals surface area contributed by atoms with Gasteiger partial charge in [0.25, 0.3) is 0 Å². The summed E-state index contributed by atoms with van der Waals surface area (Å²) in [6.45, 7) is 3.02. The van der Waals surface area contributed by atoms with Crippen LogP contribution in [-0.2, 0) is 13.5 Å². The summed E-state index contributed by atoms with van der Waals surface area (Å²) in [5, 5.41) is 16.0. The average Bonchev–Trinajstić information content (AvgIpc) is 2.52. The van der Waals surface area contributed by atoms with E-state index in [1.54, 1.807) is 6.20 Å². The van der Waals surface area contributed by atoms with E-state index in [4.69, 9.17) is 5.11 Å². The van der Waals surface area contributed by atoms with E-state index >= 15 is 0 Å². The van der Waals surface area contributed by atoms with Crippen LogP contribution in [0.3, 0.4) is 0 Å². The fraction of sp³-hybridized carbons (Fsp3) is 0.667. The zero-order valence-electron chi connectivity index (χ0n) is 8.20. The van der Waals surface area contributed by atoms with Gasteiger partial charge >= 0.3 is 0 Å². The van der Waals surface area contributed by atoms with Gasteiger partial charge in [-0.3, -0.25) is 4.68 Å². The second-order valence-corrected chi connectivity index (χ2v) is 3.23. The van der Waals surface area contributed by atoms with Crippen molar-refractivity contribution in [3.63, 3.8) is 0 Å². The van der Waals surface area contributed by atoms with Crippen molar-refractivity contribution in [2.75, 3.05) is 13.2 Å². The van der Waals surface area contributed by atoms with Crippen molar-refractivity contribution < 1.29 is 5.11 Å². The largest absolute Gasteiger partial charge is 0.395 e. The van der Waals surface area contributed by atoms with Crippen molar-refractivity contribution >= 4 is 0 Å². The first-order valence-corrected chi connectivity index (χ1v) is 4.55. The van der Waals surface area contributed by atoms with Crippen LogP contribution in [0.1, 0.15) is 12.6 Å². The molecular weight excluding hydrogens is 166 g/mol. The van der Waals surface area contributed by atoms with Crippen LogP contribution >= 0.6 is 0 Å².